The van der Waals surface area contributed by atoms with Crippen LogP contribution in [0.4, 0.5) is 0 Å². The highest BCUT2D eigenvalue weighted by Gasteiger charge is 2.14. The number of H-pyrrole nitrogens is 1. The molecular formula is C24H18BrClN4O3. The predicted octanol–water partition coefficient (Wildman–Crippen LogP) is 5.54. The smallest absolute Gasteiger partial charge is 0.289 e. The largest absolute Gasteiger partial charge is 0.507 e. The second kappa shape index (κ2) is 10.3. The number of ether oxygens (including phenoxy) is 1. The fourth-order valence-corrected chi connectivity index (χ4v) is 3.57. The second-order valence-corrected chi connectivity index (χ2v) is 8.27. The number of aromatic amines is 1. The summed E-state index contributed by atoms with van der Waals surface area (Å²) in [7, 11) is 0. The highest BCUT2D eigenvalue weighted by atomic mass is 79.9. The Bertz CT molecular complexity index is 1320. The Morgan fingerprint density at radius 3 is 2.79 bits per heavy atom. The molecule has 1 aromatic heterocycles. The van der Waals surface area contributed by atoms with Gasteiger partial charge in [0.1, 0.15) is 23.8 Å². The van der Waals surface area contributed by atoms with Gasteiger partial charge in [-0.25, -0.2) is 5.43 Å². The number of aromatic hydroxyl groups is 1. The van der Waals surface area contributed by atoms with Gasteiger partial charge in [0.2, 0.25) is 0 Å². The van der Waals surface area contributed by atoms with E-state index in [1.54, 1.807) is 18.2 Å². The molecule has 0 atom stereocenters. The number of hydrogen-bond donors (Lipinski definition) is 3. The van der Waals surface area contributed by atoms with Crippen LogP contribution in [0.15, 0.2) is 82.4 Å². The number of nitrogens with zero attached hydrogens (tertiary/aromatic N) is 2. The van der Waals surface area contributed by atoms with Crippen molar-refractivity contribution >= 4 is 39.7 Å². The maximum atomic E-state index is 12.5. The molecule has 166 valence electrons. The number of aromatic nitrogens is 2. The molecule has 4 aromatic rings. The predicted molar refractivity (Wildman–Crippen MR) is 131 cm³/mol. The van der Waals surface area contributed by atoms with E-state index in [9.17, 15) is 9.90 Å². The fourth-order valence-electron chi connectivity index (χ4n) is 3.00. The number of carbonyl (C=O) groups excluding carboxylic acids is 1. The molecule has 3 aromatic carbocycles. The molecule has 7 nitrogen and oxygen atoms in total. The zero-order valence-corrected chi connectivity index (χ0v) is 19.5. The number of halogens is 2. The third-order valence-electron chi connectivity index (χ3n) is 4.69. The van der Waals surface area contributed by atoms with Gasteiger partial charge in [0.25, 0.3) is 5.91 Å². The number of nitrogens with one attached hydrogen (secondary N) is 2. The van der Waals surface area contributed by atoms with Gasteiger partial charge in [0, 0.05) is 26.2 Å². The number of hydrazone groups is 1. The number of hydrogen-bond acceptors (Lipinski definition) is 5. The SMILES string of the molecule is O=C(NN=Cc1cc(Br)ccc1O)c1cc(-c2ccccc2OCc2ccccc2Cl)n[nH]1. The van der Waals surface area contributed by atoms with Crippen molar-refractivity contribution in [2.75, 3.05) is 0 Å². The first-order valence-electron chi connectivity index (χ1n) is 9.84. The Hall–Kier alpha value is -3.62. The normalized spacial score (nSPS) is 11.0. The van der Waals surface area contributed by atoms with Crippen molar-refractivity contribution in [1.29, 1.82) is 0 Å². The first kappa shape index (κ1) is 22.6. The van der Waals surface area contributed by atoms with Crippen LogP contribution in [0, 0.1) is 0 Å². The third kappa shape index (κ3) is 5.60. The highest BCUT2D eigenvalue weighted by Crippen LogP contribution is 2.30. The van der Waals surface area contributed by atoms with Crippen molar-refractivity contribution in [2.45, 2.75) is 6.61 Å². The third-order valence-corrected chi connectivity index (χ3v) is 5.55. The van der Waals surface area contributed by atoms with E-state index in [4.69, 9.17) is 16.3 Å². The van der Waals surface area contributed by atoms with Crippen molar-refractivity contribution in [3.8, 4) is 22.8 Å². The van der Waals surface area contributed by atoms with Crippen LogP contribution in [0.2, 0.25) is 5.02 Å². The molecule has 0 saturated heterocycles. The maximum absolute atomic E-state index is 12.5. The zero-order chi connectivity index (χ0) is 23.2. The molecule has 0 spiro atoms. The molecule has 0 unspecified atom stereocenters. The van der Waals surface area contributed by atoms with Gasteiger partial charge in [-0.2, -0.15) is 10.2 Å². The minimum absolute atomic E-state index is 0.0495. The van der Waals surface area contributed by atoms with E-state index in [-0.39, 0.29) is 11.4 Å². The number of phenols is 1. The molecule has 3 N–H and O–H groups in total. The minimum atomic E-state index is -0.478. The summed E-state index contributed by atoms with van der Waals surface area (Å²) in [5.41, 5.74) is 5.23. The molecule has 4 rings (SSSR count). The van der Waals surface area contributed by atoms with Crippen molar-refractivity contribution in [2.24, 2.45) is 5.10 Å². The van der Waals surface area contributed by atoms with Crippen LogP contribution in [0.25, 0.3) is 11.3 Å². The first-order valence-corrected chi connectivity index (χ1v) is 11.0. The Morgan fingerprint density at radius 2 is 1.94 bits per heavy atom. The summed E-state index contributed by atoms with van der Waals surface area (Å²) in [6.07, 6.45) is 1.35. The molecule has 1 heterocycles. The fraction of sp³-hybridized carbons (Fsp3) is 0.0417. The lowest BCUT2D eigenvalue weighted by Crippen LogP contribution is -2.18. The second-order valence-electron chi connectivity index (χ2n) is 6.95. The first-order chi connectivity index (χ1) is 16.0. The number of amides is 1. The highest BCUT2D eigenvalue weighted by molar-refractivity contribution is 9.10. The monoisotopic (exact) mass is 524 g/mol. The van der Waals surface area contributed by atoms with Gasteiger partial charge >= 0.3 is 0 Å². The van der Waals surface area contributed by atoms with E-state index in [1.165, 1.54) is 12.3 Å². The molecule has 33 heavy (non-hydrogen) atoms. The number of para-hydroxylation sites is 1. The van der Waals surface area contributed by atoms with Gasteiger partial charge in [-0.1, -0.05) is 57.9 Å². The van der Waals surface area contributed by atoms with Gasteiger partial charge < -0.3 is 9.84 Å². The van der Waals surface area contributed by atoms with Gasteiger partial charge in [-0.15, -0.1) is 0 Å². The molecule has 1 amide bonds. The van der Waals surface area contributed by atoms with Crippen LogP contribution in [0.1, 0.15) is 21.6 Å². The van der Waals surface area contributed by atoms with Gasteiger partial charge in [-0.05, 0) is 42.5 Å². The lowest BCUT2D eigenvalue weighted by Gasteiger charge is -2.11. The van der Waals surface area contributed by atoms with E-state index in [1.807, 2.05) is 48.5 Å². The zero-order valence-electron chi connectivity index (χ0n) is 17.1. The van der Waals surface area contributed by atoms with E-state index >= 15 is 0 Å². The van der Waals surface area contributed by atoms with Crippen LogP contribution in [0.5, 0.6) is 11.5 Å². The average molecular weight is 526 g/mol. The summed E-state index contributed by atoms with van der Waals surface area (Å²) < 4.78 is 6.75. The molecule has 0 bridgehead atoms. The van der Waals surface area contributed by atoms with Gasteiger partial charge in [-0.3, -0.25) is 9.89 Å². The van der Waals surface area contributed by atoms with Crippen LogP contribution in [0.3, 0.4) is 0 Å². The number of carbonyl (C=O) groups is 1. The Kier molecular flexibility index (Phi) is 7.07. The molecule has 9 heteroatoms. The molecule has 0 radical (unpaired) electrons. The molecule has 0 aliphatic heterocycles. The minimum Gasteiger partial charge on any atom is -0.507 e. The van der Waals surface area contributed by atoms with Crippen molar-refractivity contribution in [3.63, 3.8) is 0 Å². The summed E-state index contributed by atoms with van der Waals surface area (Å²) >= 11 is 9.54. The van der Waals surface area contributed by atoms with Gasteiger partial charge in [0.15, 0.2) is 0 Å². The Labute approximate surface area is 203 Å². The molecule has 0 aliphatic carbocycles. The summed E-state index contributed by atoms with van der Waals surface area (Å²) in [6, 6.07) is 21.4. The van der Waals surface area contributed by atoms with Crippen LogP contribution < -0.4 is 10.2 Å². The average Bonchev–Trinajstić information content (AvgIpc) is 3.31. The van der Waals surface area contributed by atoms with Crippen molar-refractivity contribution < 1.29 is 14.6 Å². The van der Waals surface area contributed by atoms with E-state index < -0.39 is 5.91 Å². The number of rotatable bonds is 7. The van der Waals surface area contributed by atoms with E-state index in [0.29, 0.717) is 28.6 Å². The lowest BCUT2D eigenvalue weighted by atomic mass is 10.1. The quantitative estimate of drug-likeness (QED) is 0.218. The van der Waals surface area contributed by atoms with Crippen LogP contribution >= 0.6 is 27.5 Å². The summed E-state index contributed by atoms with van der Waals surface area (Å²) in [4.78, 5) is 12.5. The van der Waals surface area contributed by atoms with Crippen LogP contribution in [-0.4, -0.2) is 27.4 Å². The van der Waals surface area contributed by atoms with Gasteiger partial charge in [0.05, 0.1) is 11.9 Å². The van der Waals surface area contributed by atoms with Crippen molar-refractivity contribution in [3.05, 3.63) is 99.1 Å². The summed E-state index contributed by atoms with van der Waals surface area (Å²) in [5, 5.41) is 21.3. The van der Waals surface area contributed by atoms with E-state index in [0.717, 1.165) is 15.6 Å². The number of benzene rings is 3. The lowest BCUT2D eigenvalue weighted by molar-refractivity contribution is 0.0950. The number of phenolic OH excluding ortho intramolecular Hbond substituents is 1. The molecule has 0 aliphatic rings. The Balaban J connectivity index is 1.46. The maximum Gasteiger partial charge on any atom is 0.289 e. The van der Waals surface area contributed by atoms with Crippen LogP contribution in [-0.2, 0) is 6.61 Å². The van der Waals surface area contributed by atoms with E-state index in [2.05, 4.69) is 36.7 Å². The molecular weight excluding hydrogens is 508 g/mol. The molecule has 0 saturated carbocycles. The molecule has 0 fully saturated rings. The topological polar surface area (TPSA) is 99.6 Å². The Morgan fingerprint density at radius 1 is 1.15 bits per heavy atom. The van der Waals surface area contributed by atoms with Crippen molar-refractivity contribution in [1.82, 2.24) is 15.6 Å². The standard InChI is InChI=1S/C24H18BrClN4O3/c25-17-9-10-22(31)16(11-17)13-27-30-24(32)21-12-20(28-29-21)18-6-2-4-8-23(18)33-14-15-5-1-3-7-19(15)26/h1-13,31H,14H2,(H,28,29)(H,30,32). The summed E-state index contributed by atoms with van der Waals surface area (Å²) in [6.45, 7) is 0.297. The summed E-state index contributed by atoms with van der Waals surface area (Å²) in [5.74, 6) is 0.182.